The minimum atomic E-state index is 0.523. The van der Waals surface area contributed by atoms with E-state index in [0.29, 0.717) is 17.9 Å². The first-order chi connectivity index (χ1) is 10.2. The molecule has 3 aromatic rings. The van der Waals surface area contributed by atoms with E-state index in [1.165, 1.54) is 0 Å². The van der Waals surface area contributed by atoms with Gasteiger partial charge < -0.3 is 0 Å². The van der Waals surface area contributed by atoms with Crippen LogP contribution in [0.3, 0.4) is 0 Å². The van der Waals surface area contributed by atoms with Crippen molar-refractivity contribution in [2.24, 2.45) is 7.05 Å². The third-order valence-corrected chi connectivity index (χ3v) is 3.99. The molecule has 0 amide bonds. The topological polar surface area (TPSA) is 85.2 Å². The second kappa shape index (κ2) is 5.46. The van der Waals surface area contributed by atoms with E-state index < -0.39 is 0 Å². The van der Waals surface area contributed by atoms with Crippen molar-refractivity contribution in [1.29, 1.82) is 5.26 Å². The lowest BCUT2D eigenvalue weighted by atomic mass is 10.1. The minimum Gasteiger partial charge on any atom is -0.261 e. The van der Waals surface area contributed by atoms with E-state index in [1.54, 1.807) is 27.7 Å². The zero-order chi connectivity index (χ0) is 14.8. The highest BCUT2D eigenvalue weighted by Gasteiger charge is 2.15. The molecule has 8 heteroatoms. The van der Waals surface area contributed by atoms with Crippen molar-refractivity contribution in [3.05, 3.63) is 46.2 Å². The van der Waals surface area contributed by atoms with Crippen LogP contribution in [0.5, 0.6) is 0 Å². The van der Waals surface area contributed by atoms with E-state index in [4.69, 9.17) is 5.26 Å². The molecule has 7 nitrogen and oxygen atoms in total. The van der Waals surface area contributed by atoms with Crippen LogP contribution in [0.15, 0.2) is 35.1 Å². The highest BCUT2D eigenvalue weighted by atomic mass is 79.9. The van der Waals surface area contributed by atoms with Gasteiger partial charge in [0.05, 0.1) is 29.9 Å². The number of tetrazole rings is 1. The largest absolute Gasteiger partial charge is 0.261 e. The van der Waals surface area contributed by atoms with Gasteiger partial charge >= 0.3 is 0 Å². The molecule has 0 atom stereocenters. The molecule has 21 heavy (non-hydrogen) atoms. The van der Waals surface area contributed by atoms with Gasteiger partial charge in [0.2, 0.25) is 0 Å². The molecular weight excluding hydrogens is 334 g/mol. The van der Waals surface area contributed by atoms with Gasteiger partial charge in [0.25, 0.3) is 0 Å². The summed E-state index contributed by atoms with van der Waals surface area (Å²) in [5.74, 6) is 0.638. The fraction of sp³-hybridized carbons (Fsp3) is 0.154. The van der Waals surface area contributed by atoms with E-state index >= 15 is 0 Å². The molecule has 104 valence electrons. The van der Waals surface area contributed by atoms with Crippen molar-refractivity contribution in [3.63, 3.8) is 0 Å². The molecule has 0 fully saturated rings. The molecule has 0 saturated heterocycles. The SMILES string of the molecule is Cn1ncc(-c2nnnn2Cc2ccc(C#N)cc2)c1Br. The Balaban J connectivity index is 1.92. The van der Waals surface area contributed by atoms with Gasteiger partial charge in [-0.2, -0.15) is 10.4 Å². The number of rotatable bonds is 3. The molecule has 0 saturated carbocycles. The minimum absolute atomic E-state index is 0.523. The standard InChI is InChI=1S/C13H10BrN7/c1-20-12(14)11(7-16-20)13-17-18-19-21(13)8-10-4-2-9(6-15)3-5-10/h2-5,7H,8H2,1H3. The summed E-state index contributed by atoms with van der Waals surface area (Å²) >= 11 is 3.47. The Labute approximate surface area is 128 Å². The molecular formula is C13H10BrN7. The molecule has 2 aromatic heterocycles. The maximum atomic E-state index is 8.81. The molecule has 0 unspecified atom stereocenters. The lowest BCUT2D eigenvalue weighted by Crippen LogP contribution is -2.04. The van der Waals surface area contributed by atoms with E-state index in [9.17, 15) is 0 Å². The van der Waals surface area contributed by atoms with Crippen LogP contribution in [-0.2, 0) is 13.6 Å². The summed E-state index contributed by atoms with van der Waals surface area (Å²) in [4.78, 5) is 0. The third-order valence-electron chi connectivity index (χ3n) is 3.05. The Bertz CT molecular complexity index is 810. The molecule has 0 aliphatic heterocycles. The number of aryl methyl sites for hydroxylation is 1. The van der Waals surface area contributed by atoms with Gasteiger partial charge in [-0.05, 0) is 44.1 Å². The lowest BCUT2D eigenvalue weighted by molar-refractivity contribution is 0.653. The van der Waals surface area contributed by atoms with Gasteiger partial charge in [-0.1, -0.05) is 12.1 Å². The van der Waals surface area contributed by atoms with E-state index in [0.717, 1.165) is 15.7 Å². The van der Waals surface area contributed by atoms with Gasteiger partial charge in [-0.3, -0.25) is 4.68 Å². The van der Waals surface area contributed by atoms with Crippen molar-refractivity contribution >= 4 is 15.9 Å². The number of nitriles is 1. The van der Waals surface area contributed by atoms with E-state index in [2.05, 4.69) is 42.6 Å². The Morgan fingerprint density at radius 1 is 1.29 bits per heavy atom. The smallest absolute Gasteiger partial charge is 0.186 e. The van der Waals surface area contributed by atoms with Crippen LogP contribution < -0.4 is 0 Å². The average Bonchev–Trinajstić information content (AvgIpc) is 3.08. The number of benzene rings is 1. The van der Waals surface area contributed by atoms with Crippen molar-refractivity contribution in [2.75, 3.05) is 0 Å². The quantitative estimate of drug-likeness (QED) is 0.723. The average molecular weight is 344 g/mol. The summed E-state index contributed by atoms with van der Waals surface area (Å²) in [6, 6.07) is 9.43. The number of halogens is 1. The molecule has 0 radical (unpaired) electrons. The van der Waals surface area contributed by atoms with Crippen molar-refractivity contribution in [1.82, 2.24) is 30.0 Å². The highest BCUT2D eigenvalue weighted by Crippen LogP contribution is 2.25. The molecule has 0 aliphatic carbocycles. The van der Waals surface area contributed by atoms with Gasteiger partial charge in [0.15, 0.2) is 5.82 Å². The van der Waals surface area contributed by atoms with Crippen molar-refractivity contribution in [3.8, 4) is 17.5 Å². The molecule has 0 spiro atoms. The highest BCUT2D eigenvalue weighted by molar-refractivity contribution is 9.10. The summed E-state index contributed by atoms with van der Waals surface area (Å²) in [6.07, 6.45) is 1.71. The van der Waals surface area contributed by atoms with E-state index in [1.807, 2.05) is 19.2 Å². The number of nitrogens with zero attached hydrogens (tertiary/aromatic N) is 7. The first-order valence-corrected chi connectivity index (χ1v) is 6.91. The van der Waals surface area contributed by atoms with Gasteiger partial charge in [0, 0.05) is 7.05 Å². The maximum absolute atomic E-state index is 8.81. The summed E-state index contributed by atoms with van der Waals surface area (Å²) in [7, 11) is 1.84. The zero-order valence-electron chi connectivity index (χ0n) is 11.1. The van der Waals surface area contributed by atoms with Crippen molar-refractivity contribution in [2.45, 2.75) is 6.54 Å². The number of aromatic nitrogens is 6. The van der Waals surface area contributed by atoms with Crippen LogP contribution >= 0.6 is 15.9 Å². The Morgan fingerprint density at radius 3 is 2.67 bits per heavy atom. The lowest BCUT2D eigenvalue weighted by Gasteiger charge is -2.04. The maximum Gasteiger partial charge on any atom is 0.186 e. The number of hydrogen-bond donors (Lipinski definition) is 0. The second-order valence-electron chi connectivity index (χ2n) is 4.44. The molecule has 2 heterocycles. The molecule has 0 aliphatic rings. The number of hydrogen-bond acceptors (Lipinski definition) is 5. The molecule has 0 bridgehead atoms. The van der Waals surface area contributed by atoms with Crippen LogP contribution in [0.2, 0.25) is 0 Å². The van der Waals surface area contributed by atoms with Gasteiger partial charge in [-0.25, -0.2) is 4.68 Å². The van der Waals surface area contributed by atoms with Crippen LogP contribution in [0, 0.1) is 11.3 Å². The zero-order valence-corrected chi connectivity index (χ0v) is 12.7. The van der Waals surface area contributed by atoms with Gasteiger partial charge in [0.1, 0.15) is 4.60 Å². The normalized spacial score (nSPS) is 10.5. The van der Waals surface area contributed by atoms with Crippen LogP contribution in [0.25, 0.3) is 11.4 Å². The third kappa shape index (κ3) is 2.55. The molecule has 3 rings (SSSR count). The van der Waals surface area contributed by atoms with Crippen molar-refractivity contribution < 1.29 is 0 Å². The summed E-state index contributed by atoms with van der Waals surface area (Å²) < 4.78 is 4.22. The van der Waals surface area contributed by atoms with Crippen LogP contribution in [0.1, 0.15) is 11.1 Å². The first kappa shape index (κ1) is 13.5. The Hall–Kier alpha value is -2.53. The molecule has 0 N–H and O–H groups in total. The predicted octanol–water partition coefficient (Wildman–Crippen LogP) is 1.76. The van der Waals surface area contributed by atoms with Crippen LogP contribution in [-0.4, -0.2) is 30.0 Å². The fourth-order valence-electron chi connectivity index (χ4n) is 1.93. The Kier molecular flexibility index (Phi) is 3.50. The van der Waals surface area contributed by atoms with Gasteiger partial charge in [-0.15, -0.1) is 5.10 Å². The Morgan fingerprint density at radius 2 is 2.05 bits per heavy atom. The molecule has 1 aromatic carbocycles. The monoisotopic (exact) mass is 343 g/mol. The summed E-state index contributed by atoms with van der Waals surface area (Å²) in [5, 5.41) is 24.8. The van der Waals surface area contributed by atoms with Crippen LogP contribution in [0.4, 0.5) is 0 Å². The predicted molar refractivity (Wildman–Crippen MR) is 78.0 cm³/mol. The van der Waals surface area contributed by atoms with E-state index in [-0.39, 0.29) is 0 Å². The second-order valence-corrected chi connectivity index (χ2v) is 5.19. The summed E-state index contributed by atoms with van der Waals surface area (Å²) in [6.45, 7) is 0.523. The summed E-state index contributed by atoms with van der Waals surface area (Å²) in [5.41, 5.74) is 2.48. The fourth-order valence-corrected chi connectivity index (χ4v) is 2.31. The first-order valence-electron chi connectivity index (χ1n) is 6.12.